The molecule has 0 bridgehead atoms. The van der Waals surface area contributed by atoms with Crippen LogP contribution in [-0.2, 0) is 0 Å². The van der Waals surface area contributed by atoms with Crippen LogP contribution >= 0.6 is 0 Å². The highest BCUT2D eigenvalue weighted by atomic mass is 19.1. The van der Waals surface area contributed by atoms with Gasteiger partial charge in [-0.1, -0.05) is 0 Å². The number of hydrogen-bond acceptors (Lipinski definition) is 1. The summed E-state index contributed by atoms with van der Waals surface area (Å²) in [6.07, 6.45) is 0.647. The number of halogens is 1. The summed E-state index contributed by atoms with van der Waals surface area (Å²) < 4.78 is 11.7. The van der Waals surface area contributed by atoms with Crippen molar-refractivity contribution in [1.82, 2.24) is 4.90 Å². The van der Waals surface area contributed by atoms with Crippen molar-refractivity contribution in [2.45, 2.75) is 32.7 Å². The second-order valence-corrected chi connectivity index (χ2v) is 3.63. The minimum atomic E-state index is -0.208. The minimum Gasteiger partial charge on any atom is -0.301 e. The molecule has 0 radical (unpaired) electrons. The lowest BCUT2D eigenvalue weighted by atomic mass is 10.1. The standard InChI is InChI=1S/C8H18FN/c1-8(2,3)10(4)7-5-6-9/h5-7H2,1-4H3. The van der Waals surface area contributed by atoms with Gasteiger partial charge in [-0.05, 0) is 34.2 Å². The highest BCUT2D eigenvalue weighted by Crippen LogP contribution is 2.09. The van der Waals surface area contributed by atoms with Crippen LogP contribution in [0.5, 0.6) is 0 Å². The van der Waals surface area contributed by atoms with E-state index >= 15 is 0 Å². The molecule has 10 heavy (non-hydrogen) atoms. The van der Waals surface area contributed by atoms with Gasteiger partial charge in [-0.2, -0.15) is 0 Å². The first kappa shape index (κ1) is 9.89. The SMILES string of the molecule is CN(CCCF)C(C)(C)C. The Balaban J connectivity index is 3.52. The molecule has 0 aliphatic heterocycles. The second-order valence-electron chi connectivity index (χ2n) is 3.63. The maximum atomic E-state index is 11.7. The molecular formula is C8H18FN. The molecule has 0 amide bonds. The Morgan fingerprint density at radius 2 is 1.80 bits per heavy atom. The van der Waals surface area contributed by atoms with E-state index in [1.807, 2.05) is 7.05 Å². The van der Waals surface area contributed by atoms with Gasteiger partial charge in [0.2, 0.25) is 0 Å². The Morgan fingerprint density at radius 1 is 1.30 bits per heavy atom. The molecule has 0 unspecified atom stereocenters. The lowest BCUT2D eigenvalue weighted by Gasteiger charge is -2.31. The Hall–Kier alpha value is -0.110. The van der Waals surface area contributed by atoms with E-state index in [1.54, 1.807) is 0 Å². The zero-order valence-electron chi connectivity index (χ0n) is 7.45. The monoisotopic (exact) mass is 147 g/mol. The third-order valence-corrected chi connectivity index (χ3v) is 1.77. The molecule has 0 fully saturated rings. The number of rotatable bonds is 3. The van der Waals surface area contributed by atoms with E-state index in [1.165, 1.54) is 0 Å². The van der Waals surface area contributed by atoms with Crippen molar-refractivity contribution in [1.29, 1.82) is 0 Å². The van der Waals surface area contributed by atoms with Gasteiger partial charge in [0.15, 0.2) is 0 Å². The van der Waals surface area contributed by atoms with Gasteiger partial charge in [0.05, 0.1) is 6.67 Å². The van der Waals surface area contributed by atoms with E-state index < -0.39 is 0 Å². The summed E-state index contributed by atoms with van der Waals surface area (Å²) in [5, 5.41) is 0. The molecule has 0 aromatic heterocycles. The van der Waals surface area contributed by atoms with Gasteiger partial charge in [0.25, 0.3) is 0 Å². The summed E-state index contributed by atoms with van der Waals surface area (Å²) in [6, 6.07) is 0. The lowest BCUT2D eigenvalue weighted by molar-refractivity contribution is 0.169. The van der Waals surface area contributed by atoms with Crippen LogP contribution in [0, 0.1) is 0 Å². The fourth-order valence-electron chi connectivity index (χ4n) is 0.632. The van der Waals surface area contributed by atoms with Crippen LogP contribution in [-0.4, -0.2) is 30.7 Å². The van der Waals surface area contributed by atoms with Crippen molar-refractivity contribution in [3.63, 3.8) is 0 Å². The second kappa shape index (κ2) is 3.91. The zero-order chi connectivity index (χ0) is 8.20. The van der Waals surface area contributed by atoms with E-state index in [0.29, 0.717) is 6.42 Å². The van der Waals surface area contributed by atoms with Crippen LogP contribution in [0.2, 0.25) is 0 Å². The molecule has 0 heterocycles. The van der Waals surface area contributed by atoms with Crippen LogP contribution in [0.25, 0.3) is 0 Å². The Morgan fingerprint density at radius 3 is 2.10 bits per heavy atom. The van der Waals surface area contributed by atoms with Crippen molar-refractivity contribution in [3.05, 3.63) is 0 Å². The zero-order valence-corrected chi connectivity index (χ0v) is 7.45. The van der Waals surface area contributed by atoms with E-state index in [0.717, 1.165) is 6.54 Å². The molecule has 1 nitrogen and oxygen atoms in total. The van der Waals surface area contributed by atoms with Crippen molar-refractivity contribution >= 4 is 0 Å². The Labute approximate surface area is 63.2 Å². The van der Waals surface area contributed by atoms with Crippen molar-refractivity contribution in [3.8, 4) is 0 Å². The molecule has 0 saturated heterocycles. The molecule has 0 spiro atoms. The van der Waals surface area contributed by atoms with Crippen molar-refractivity contribution in [2.75, 3.05) is 20.3 Å². The smallest absolute Gasteiger partial charge is 0.0906 e. The van der Waals surface area contributed by atoms with Crippen molar-refractivity contribution in [2.24, 2.45) is 0 Å². The van der Waals surface area contributed by atoms with E-state index in [2.05, 4.69) is 25.7 Å². The topological polar surface area (TPSA) is 3.24 Å². The molecule has 0 aliphatic carbocycles. The lowest BCUT2D eigenvalue weighted by Crippen LogP contribution is -2.38. The van der Waals surface area contributed by atoms with Crippen LogP contribution in [0.4, 0.5) is 4.39 Å². The maximum absolute atomic E-state index is 11.7. The molecule has 0 atom stereocenters. The first-order chi connectivity index (χ1) is 4.48. The molecule has 0 saturated carbocycles. The molecule has 0 rings (SSSR count). The van der Waals surface area contributed by atoms with Gasteiger partial charge in [-0.3, -0.25) is 4.39 Å². The maximum Gasteiger partial charge on any atom is 0.0906 e. The predicted molar refractivity (Wildman–Crippen MR) is 43.0 cm³/mol. The number of hydrogen-bond donors (Lipinski definition) is 0. The van der Waals surface area contributed by atoms with Crippen molar-refractivity contribution < 1.29 is 4.39 Å². The van der Waals surface area contributed by atoms with Gasteiger partial charge in [-0.25, -0.2) is 0 Å². The first-order valence-electron chi connectivity index (χ1n) is 3.75. The largest absolute Gasteiger partial charge is 0.301 e. The van der Waals surface area contributed by atoms with E-state index in [4.69, 9.17) is 0 Å². The highest BCUT2D eigenvalue weighted by Gasteiger charge is 2.15. The van der Waals surface area contributed by atoms with Crippen LogP contribution in [0.15, 0.2) is 0 Å². The fraction of sp³-hybridized carbons (Fsp3) is 1.00. The van der Waals surface area contributed by atoms with Gasteiger partial charge in [0.1, 0.15) is 0 Å². The summed E-state index contributed by atoms with van der Waals surface area (Å²) in [5.74, 6) is 0. The average Bonchev–Trinajstić information content (AvgIpc) is 1.80. The molecule has 0 N–H and O–H groups in total. The third-order valence-electron chi connectivity index (χ3n) is 1.77. The Kier molecular flexibility index (Phi) is 3.87. The molecule has 62 valence electrons. The van der Waals surface area contributed by atoms with E-state index in [-0.39, 0.29) is 12.2 Å². The summed E-state index contributed by atoms with van der Waals surface area (Å²) in [7, 11) is 2.02. The summed E-state index contributed by atoms with van der Waals surface area (Å²) in [5.41, 5.74) is 0.176. The number of alkyl halides is 1. The Bertz CT molecular complexity index is 85.7. The van der Waals surface area contributed by atoms with E-state index in [9.17, 15) is 4.39 Å². The van der Waals surface area contributed by atoms with Crippen LogP contribution in [0.1, 0.15) is 27.2 Å². The molecule has 2 heteroatoms. The van der Waals surface area contributed by atoms with Gasteiger partial charge in [-0.15, -0.1) is 0 Å². The predicted octanol–water partition coefficient (Wildman–Crippen LogP) is 2.08. The first-order valence-corrected chi connectivity index (χ1v) is 3.75. The highest BCUT2D eigenvalue weighted by molar-refractivity contribution is 4.71. The summed E-state index contributed by atoms with van der Waals surface area (Å²) >= 11 is 0. The van der Waals surface area contributed by atoms with Gasteiger partial charge >= 0.3 is 0 Å². The average molecular weight is 147 g/mol. The normalized spacial score (nSPS) is 12.6. The molecular weight excluding hydrogens is 129 g/mol. The number of nitrogens with zero attached hydrogens (tertiary/aromatic N) is 1. The third kappa shape index (κ3) is 3.83. The summed E-state index contributed by atoms with van der Waals surface area (Å²) in [4.78, 5) is 2.16. The summed E-state index contributed by atoms with van der Waals surface area (Å²) in [6.45, 7) is 7.03. The fourth-order valence-corrected chi connectivity index (χ4v) is 0.632. The molecule has 0 aliphatic rings. The molecule has 0 aromatic carbocycles. The van der Waals surface area contributed by atoms with Gasteiger partial charge in [0, 0.05) is 12.1 Å². The van der Waals surface area contributed by atoms with Gasteiger partial charge < -0.3 is 4.90 Å². The molecule has 0 aromatic rings. The minimum absolute atomic E-state index is 0.176. The quantitative estimate of drug-likeness (QED) is 0.590. The van der Waals surface area contributed by atoms with Crippen LogP contribution in [0.3, 0.4) is 0 Å². The van der Waals surface area contributed by atoms with Crippen LogP contribution < -0.4 is 0 Å².